The topological polar surface area (TPSA) is 176 Å². The fraction of sp³-hybridized carbons (Fsp3) is 0.545. The summed E-state index contributed by atoms with van der Waals surface area (Å²) >= 11 is 0. The second-order valence-electron chi connectivity index (χ2n) is 9.08. The Balaban J connectivity index is 2.23. The number of carbonyl (C=O) groups is 4. The molecule has 0 bridgehead atoms. The molecule has 1 amide bonds. The van der Waals surface area contributed by atoms with Crippen molar-refractivity contribution in [1.29, 1.82) is 0 Å². The maximum atomic E-state index is 13.5. The number of fused-ring (bicyclic) bond motifs is 1. The summed E-state index contributed by atoms with van der Waals surface area (Å²) in [4.78, 5) is 61.7. The quantitative estimate of drug-likeness (QED) is 0.459. The normalized spacial score (nSPS) is 22.1. The molecule has 0 saturated carbocycles. The number of rotatable bonds is 5. The second kappa shape index (κ2) is 9.76. The van der Waals surface area contributed by atoms with Crippen molar-refractivity contribution in [2.75, 3.05) is 12.3 Å². The zero-order valence-electron chi connectivity index (χ0n) is 20.4. The summed E-state index contributed by atoms with van der Waals surface area (Å²) in [5, 5.41) is 0. The number of aromatic nitrogens is 3. The summed E-state index contributed by atoms with van der Waals surface area (Å²) in [6.45, 7) is 8.28. The number of anilines is 1. The molecule has 4 atom stereocenters. The summed E-state index contributed by atoms with van der Waals surface area (Å²) in [5.41, 5.74) is 6.25. The van der Waals surface area contributed by atoms with Gasteiger partial charge in [0.25, 0.3) is 0 Å². The van der Waals surface area contributed by atoms with E-state index in [1.54, 1.807) is 27.0 Å². The minimum atomic E-state index is -1.18. The monoisotopic (exact) mass is 491 g/mol. The molecule has 0 aliphatic carbocycles. The lowest BCUT2D eigenvalue weighted by Crippen LogP contribution is -2.47. The van der Waals surface area contributed by atoms with Crippen molar-refractivity contribution in [2.24, 2.45) is 0 Å². The van der Waals surface area contributed by atoms with Crippen LogP contribution in [-0.4, -0.2) is 74.3 Å². The molecule has 1 fully saturated rings. The lowest BCUT2D eigenvalue weighted by atomic mass is 10.0. The molecule has 1 aliphatic heterocycles. The molecule has 2 aromatic rings. The van der Waals surface area contributed by atoms with E-state index in [9.17, 15) is 19.2 Å². The van der Waals surface area contributed by atoms with Crippen molar-refractivity contribution in [3.63, 3.8) is 0 Å². The van der Waals surface area contributed by atoms with Crippen LogP contribution < -0.4 is 5.73 Å². The highest BCUT2D eigenvalue weighted by molar-refractivity contribution is 5.88. The van der Waals surface area contributed by atoms with Crippen LogP contribution in [0.1, 0.15) is 53.1 Å². The molecule has 2 aromatic heterocycles. The second-order valence-corrected chi connectivity index (χ2v) is 9.08. The first-order chi connectivity index (χ1) is 16.3. The van der Waals surface area contributed by atoms with Gasteiger partial charge in [0.2, 0.25) is 0 Å². The van der Waals surface area contributed by atoms with Gasteiger partial charge in [-0.2, -0.15) is 0 Å². The lowest BCUT2D eigenvalue weighted by molar-refractivity contribution is -0.165. The Kier molecular flexibility index (Phi) is 7.17. The van der Waals surface area contributed by atoms with Crippen molar-refractivity contribution >= 4 is 40.9 Å². The summed E-state index contributed by atoms with van der Waals surface area (Å²) in [5.74, 6) is -1.81. The third kappa shape index (κ3) is 5.61. The van der Waals surface area contributed by atoms with Gasteiger partial charge in [0.15, 0.2) is 18.0 Å². The van der Waals surface area contributed by atoms with Gasteiger partial charge in [-0.3, -0.25) is 19.3 Å². The largest absolute Gasteiger partial charge is 0.464 e. The zero-order valence-corrected chi connectivity index (χ0v) is 20.4. The van der Waals surface area contributed by atoms with Crippen molar-refractivity contribution in [2.45, 2.75) is 71.4 Å². The Labute approximate surface area is 201 Å². The van der Waals surface area contributed by atoms with Crippen LogP contribution in [0.3, 0.4) is 0 Å². The van der Waals surface area contributed by atoms with E-state index < -0.39 is 53.9 Å². The number of hydrogen-bond acceptors (Lipinski definition) is 11. The minimum Gasteiger partial charge on any atom is -0.464 e. The van der Waals surface area contributed by atoms with Gasteiger partial charge >= 0.3 is 24.0 Å². The van der Waals surface area contributed by atoms with Crippen LogP contribution in [0, 0.1) is 0 Å². The number of nitrogens with zero attached hydrogens (tertiary/aromatic N) is 3. The minimum absolute atomic E-state index is 0.167. The number of amides is 1. The predicted molar refractivity (Wildman–Crippen MR) is 121 cm³/mol. The third-order valence-electron chi connectivity index (χ3n) is 5.18. The predicted octanol–water partition coefficient (Wildman–Crippen LogP) is 1.63. The van der Waals surface area contributed by atoms with E-state index in [4.69, 9.17) is 24.7 Å². The number of nitrogens with one attached hydrogen (secondary N) is 1. The molecule has 0 aromatic carbocycles. The number of nitrogens with two attached hydrogens (primary N) is 1. The Hall–Kier alpha value is -3.90. The SMILES string of the molecule is CC(=O)OCC1C(OC(C)=O)C(OC(C)=O)C(c2c[nH]c3c(N)ncnc23)N1C(=O)OC(C)(C)C. The van der Waals surface area contributed by atoms with Gasteiger partial charge in [-0.25, -0.2) is 14.8 Å². The number of aromatic amines is 1. The van der Waals surface area contributed by atoms with Crippen LogP contribution in [0.25, 0.3) is 11.0 Å². The summed E-state index contributed by atoms with van der Waals surface area (Å²) < 4.78 is 21.9. The van der Waals surface area contributed by atoms with Crippen LogP contribution in [-0.2, 0) is 33.3 Å². The van der Waals surface area contributed by atoms with Gasteiger partial charge in [0.1, 0.15) is 36.1 Å². The van der Waals surface area contributed by atoms with Crippen LogP contribution in [0.2, 0.25) is 0 Å². The van der Waals surface area contributed by atoms with Crippen LogP contribution >= 0.6 is 0 Å². The molecular weight excluding hydrogens is 462 g/mol. The highest BCUT2D eigenvalue weighted by atomic mass is 16.6. The molecule has 190 valence electrons. The van der Waals surface area contributed by atoms with Gasteiger partial charge in [0, 0.05) is 32.5 Å². The van der Waals surface area contributed by atoms with Crippen molar-refractivity contribution in [3.05, 3.63) is 18.1 Å². The first kappa shape index (κ1) is 25.7. The number of H-pyrrole nitrogens is 1. The standard InChI is InChI=1S/C22H29N5O8/c1-10(28)32-8-14-18(33-11(2)29)19(34-12(3)30)17(27(14)21(31)35-22(4,5)6)13-7-24-16-15(13)25-9-26-20(16)23/h7,9,14,17-19,24H,8H2,1-6H3,(H2,23,25,26). The Morgan fingerprint density at radius 2 is 1.66 bits per heavy atom. The Morgan fingerprint density at radius 1 is 1.03 bits per heavy atom. The van der Waals surface area contributed by atoms with E-state index in [2.05, 4.69) is 15.0 Å². The molecule has 0 spiro atoms. The molecule has 3 N–H and O–H groups in total. The molecular formula is C22H29N5O8. The van der Waals surface area contributed by atoms with Crippen molar-refractivity contribution in [3.8, 4) is 0 Å². The summed E-state index contributed by atoms with van der Waals surface area (Å²) in [6, 6.07) is -2.09. The zero-order chi connectivity index (χ0) is 26.1. The van der Waals surface area contributed by atoms with Crippen LogP contribution in [0.4, 0.5) is 10.6 Å². The maximum absolute atomic E-state index is 13.5. The van der Waals surface area contributed by atoms with Gasteiger partial charge in [-0.15, -0.1) is 0 Å². The van der Waals surface area contributed by atoms with Crippen molar-refractivity contribution < 1.29 is 38.1 Å². The molecule has 3 rings (SSSR count). The van der Waals surface area contributed by atoms with Crippen LogP contribution in [0.5, 0.6) is 0 Å². The summed E-state index contributed by atoms with van der Waals surface area (Å²) in [7, 11) is 0. The molecule has 1 saturated heterocycles. The highest BCUT2D eigenvalue weighted by Crippen LogP contribution is 2.43. The Morgan fingerprint density at radius 3 is 2.23 bits per heavy atom. The molecule has 1 aliphatic rings. The van der Waals surface area contributed by atoms with Gasteiger partial charge < -0.3 is 29.7 Å². The molecule has 0 radical (unpaired) electrons. The molecule has 13 heteroatoms. The maximum Gasteiger partial charge on any atom is 0.411 e. The summed E-state index contributed by atoms with van der Waals surface area (Å²) in [6.07, 6.45) is -0.365. The highest BCUT2D eigenvalue weighted by Gasteiger charge is 2.57. The third-order valence-corrected chi connectivity index (χ3v) is 5.18. The van der Waals surface area contributed by atoms with Gasteiger partial charge in [0.05, 0.1) is 5.52 Å². The first-order valence-electron chi connectivity index (χ1n) is 10.9. The number of hydrogen-bond donors (Lipinski definition) is 2. The fourth-order valence-corrected chi connectivity index (χ4v) is 4.05. The van der Waals surface area contributed by atoms with Crippen LogP contribution in [0.15, 0.2) is 12.5 Å². The van der Waals surface area contributed by atoms with E-state index in [-0.39, 0.29) is 12.4 Å². The number of nitrogen functional groups attached to an aromatic ring is 1. The smallest absolute Gasteiger partial charge is 0.411 e. The van der Waals surface area contributed by atoms with E-state index in [1.807, 2.05) is 0 Å². The average molecular weight is 492 g/mol. The molecule has 3 heterocycles. The van der Waals surface area contributed by atoms with E-state index in [0.29, 0.717) is 16.6 Å². The van der Waals surface area contributed by atoms with Crippen molar-refractivity contribution in [1.82, 2.24) is 19.9 Å². The first-order valence-corrected chi connectivity index (χ1v) is 10.9. The molecule has 4 unspecified atom stereocenters. The fourth-order valence-electron chi connectivity index (χ4n) is 4.05. The Bertz CT molecular complexity index is 1140. The average Bonchev–Trinajstić information content (AvgIpc) is 3.25. The number of esters is 3. The molecule has 35 heavy (non-hydrogen) atoms. The number of likely N-dealkylation sites (tertiary alicyclic amines) is 1. The van der Waals surface area contributed by atoms with E-state index >= 15 is 0 Å². The van der Waals surface area contributed by atoms with Gasteiger partial charge in [-0.1, -0.05) is 0 Å². The van der Waals surface area contributed by atoms with E-state index in [1.165, 1.54) is 32.0 Å². The molecule has 13 nitrogen and oxygen atoms in total. The van der Waals surface area contributed by atoms with Gasteiger partial charge in [-0.05, 0) is 20.8 Å². The lowest BCUT2D eigenvalue weighted by Gasteiger charge is -2.32. The number of carbonyl (C=O) groups excluding carboxylic acids is 4. The van der Waals surface area contributed by atoms with E-state index in [0.717, 1.165) is 0 Å². The number of ether oxygens (including phenoxy) is 4.